The highest BCUT2D eigenvalue weighted by Crippen LogP contribution is 2.26. The van der Waals surface area contributed by atoms with Crippen LogP contribution in [0.25, 0.3) is 0 Å². The zero-order valence-corrected chi connectivity index (χ0v) is 26.1. The first-order chi connectivity index (χ1) is 20.0. The van der Waals surface area contributed by atoms with Crippen molar-refractivity contribution in [3.8, 4) is 0 Å². The summed E-state index contributed by atoms with van der Waals surface area (Å²) in [5.74, 6) is -1.34. The van der Waals surface area contributed by atoms with Crippen LogP contribution in [0, 0.1) is 5.82 Å². The van der Waals surface area contributed by atoms with Gasteiger partial charge in [-0.15, -0.1) is 0 Å². The third-order valence-corrected chi connectivity index (χ3v) is 8.50. The average Bonchev–Trinajstić information content (AvgIpc) is 2.94. The van der Waals surface area contributed by atoms with Gasteiger partial charge in [-0.2, -0.15) is 0 Å². The fourth-order valence-electron chi connectivity index (χ4n) is 4.53. The number of nitrogens with zero attached hydrogens (tertiary/aromatic N) is 2. The third kappa shape index (κ3) is 9.71. The SMILES string of the molecule is CCCCNC(=O)[C@H](Cc1ccccc1)N(Cc1ccc(Cl)cc1Cl)C(=O)CCCN(c1ccccc1F)S(C)(=O)=O. The topological polar surface area (TPSA) is 86.8 Å². The Morgan fingerprint density at radius 2 is 1.67 bits per heavy atom. The molecule has 3 aromatic rings. The molecular weight excluding hydrogens is 600 g/mol. The molecule has 7 nitrogen and oxygen atoms in total. The Morgan fingerprint density at radius 3 is 2.31 bits per heavy atom. The van der Waals surface area contributed by atoms with E-state index in [0.29, 0.717) is 22.2 Å². The molecule has 42 heavy (non-hydrogen) atoms. The van der Waals surface area contributed by atoms with Crippen molar-refractivity contribution in [2.24, 2.45) is 0 Å². The molecule has 0 saturated carbocycles. The van der Waals surface area contributed by atoms with Crippen molar-refractivity contribution in [1.82, 2.24) is 10.2 Å². The molecule has 3 rings (SSSR count). The van der Waals surface area contributed by atoms with Gasteiger partial charge in [0.25, 0.3) is 0 Å². The van der Waals surface area contributed by atoms with Gasteiger partial charge < -0.3 is 10.2 Å². The number of anilines is 1. The standard InChI is InChI=1S/C31H36Cl2FN3O4S/c1-3-4-18-35-31(39)29(20-23-11-6-5-7-12-23)36(22-24-16-17-25(32)21-26(24)33)30(38)15-10-19-37(42(2,40)41)28-14-9-8-13-27(28)34/h5-9,11-14,16-17,21,29H,3-4,10,15,18-20,22H2,1-2H3,(H,35,39)/t29-/m0/s1. The largest absolute Gasteiger partial charge is 0.354 e. The van der Waals surface area contributed by atoms with Gasteiger partial charge in [0.15, 0.2) is 0 Å². The summed E-state index contributed by atoms with van der Waals surface area (Å²) in [7, 11) is -3.83. The van der Waals surface area contributed by atoms with Crippen molar-refractivity contribution in [2.45, 2.75) is 51.6 Å². The second-order valence-corrected chi connectivity index (χ2v) is 12.7. The highest BCUT2D eigenvalue weighted by atomic mass is 35.5. The van der Waals surface area contributed by atoms with Crippen LogP contribution in [0.5, 0.6) is 0 Å². The van der Waals surface area contributed by atoms with Crippen LogP contribution in [0.4, 0.5) is 10.1 Å². The molecule has 0 aliphatic rings. The lowest BCUT2D eigenvalue weighted by atomic mass is 10.0. The van der Waals surface area contributed by atoms with Gasteiger partial charge in [-0.3, -0.25) is 13.9 Å². The summed E-state index contributed by atoms with van der Waals surface area (Å²) in [4.78, 5) is 28.9. The number of benzene rings is 3. The van der Waals surface area contributed by atoms with Crippen LogP contribution >= 0.6 is 23.2 Å². The van der Waals surface area contributed by atoms with E-state index in [1.165, 1.54) is 23.1 Å². The minimum Gasteiger partial charge on any atom is -0.354 e. The monoisotopic (exact) mass is 635 g/mol. The first-order valence-corrected chi connectivity index (χ1v) is 16.4. The van der Waals surface area contributed by atoms with Crippen molar-refractivity contribution < 1.29 is 22.4 Å². The molecule has 0 saturated heterocycles. The normalized spacial score (nSPS) is 12.0. The van der Waals surface area contributed by atoms with E-state index < -0.39 is 21.9 Å². The Bertz CT molecular complexity index is 1460. The van der Waals surface area contributed by atoms with Gasteiger partial charge in [0.1, 0.15) is 11.9 Å². The molecule has 0 unspecified atom stereocenters. The van der Waals surface area contributed by atoms with E-state index in [9.17, 15) is 22.4 Å². The first kappa shape index (κ1) is 33.4. The van der Waals surface area contributed by atoms with E-state index in [2.05, 4.69) is 5.32 Å². The Kier molecular flexibility index (Phi) is 12.6. The smallest absolute Gasteiger partial charge is 0.243 e. The summed E-state index contributed by atoms with van der Waals surface area (Å²) in [6.07, 6.45) is 2.95. The molecule has 0 heterocycles. The van der Waals surface area contributed by atoms with Gasteiger partial charge >= 0.3 is 0 Å². The lowest BCUT2D eigenvalue weighted by Gasteiger charge is -2.32. The molecule has 11 heteroatoms. The molecule has 0 bridgehead atoms. The van der Waals surface area contributed by atoms with E-state index in [1.807, 2.05) is 37.3 Å². The number of carbonyl (C=O) groups is 2. The second-order valence-electron chi connectivity index (χ2n) is 10.00. The molecule has 1 atom stereocenters. The van der Waals surface area contributed by atoms with E-state index in [-0.39, 0.29) is 49.9 Å². The zero-order valence-electron chi connectivity index (χ0n) is 23.7. The number of hydrogen-bond acceptors (Lipinski definition) is 4. The fourth-order valence-corrected chi connectivity index (χ4v) is 5.96. The highest BCUT2D eigenvalue weighted by molar-refractivity contribution is 7.92. The molecule has 0 fully saturated rings. The Balaban J connectivity index is 1.91. The maximum atomic E-state index is 14.5. The van der Waals surface area contributed by atoms with Crippen LogP contribution in [-0.4, -0.2) is 50.5 Å². The minimum atomic E-state index is -3.83. The number of hydrogen-bond donors (Lipinski definition) is 1. The van der Waals surface area contributed by atoms with Crippen LogP contribution in [0.2, 0.25) is 10.0 Å². The molecule has 1 N–H and O–H groups in total. The van der Waals surface area contributed by atoms with Gasteiger partial charge in [0, 0.05) is 42.5 Å². The van der Waals surface area contributed by atoms with Crippen LogP contribution in [0.15, 0.2) is 72.8 Å². The van der Waals surface area contributed by atoms with Crippen molar-refractivity contribution in [3.05, 3.63) is 99.8 Å². The molecule has 226 valence electrons. The van der Waals surface area contributed by atoms with Gasteiger partial charge in [-0.05, 0) is 48.2 Å². The van der Waals surface area contributed by atoms with Crippen LogP contribution in [0.3, 0.4) is 0 Å². The summed E-state index contributed by atoms with van der Waals surface area (Å²) in [6, 6.07) is 19.1. The maximum absolute atomic E-state index is 14.5. The van der Waals surface area contributed by atoms with Crippen LogP contribution in [0.1, 0.15) is 43.7 Å². The number of amides is 2. The van der Waals surface area contributed by atoms with Crippen molar-refractivity contribution in [1.29, 1.82) is 0 Å². The maximum Gasteiger partial charge on any atom is 0.243 e. The van der Waals surface area contributed by atoms with E-state index in [0.717, 1.165) is 29.0 Å². The summed E-state index contributed by atoms with van der Waals surface area (Å²) in [6.45, 7) is 2.41. The number of rotatable bonds is 15. The van der Waals surface area contributed by atoms with Crippen LogP contribution in [-0.2, 0) is 32.6 Å². The van der Waals surface area contributed by atoms with Crippen LogP contribution < -0.4 is 9.62 Å². The summed E-state index contributed by atoms with van der Waals surface area (Å²) in [5.41, 5.74) is 1.39. The van der Waals surface area contributed by atoms with E-state index in [1.54, 1.807) is 24.3 Å². The molecule has 2 amide bonds. The number of halogens is 3. The average molecular weight is 637 g/mol. The molecule has 0 radical (unpaired) electrons. The van der Waals surface area contributed by atoms with Gasteiger partial charge in [0.05, 0.1) is 11.9 Å². The van der Waals surface area contributed by atoms with Gasteiger partial charge in [-0.25, -0.2) is 12.8 Å². The predicted octanol–water partition coefficient (Wildman–Crippen LogP) is 6.24. The Labute approximate surface area is 257 Å². The number of para-hydroxylation sites is 1. The summed E-state index contributed by atoms with van der Waals surface area (Å²) < 4.78 is 40.5. The zero-order chi connectivity index (χ0) is 30.7. The number of carbonyl (C=O) groups excluding carboxylic acids is 2. The molecule has 0 aromatic heterocycles. The highest BCUT2D eigenvalue weighted by Gasteiger charge is 2.31. The lowest BCUT2D eigenvalue weighted by molar-refractivity contribution is -0.141. The van der Waals surface area contributed by atoms with Crippen molar-refractivity contribution in [3.63, 3.8) is 0 Å². The minimum absolute atomic E-state index is 0.0383. The van der Waals surface area contributed by atoms with Crippen molar-refractivity contribution >= 4 is 50.7 Å². The van der Waals surface area contributed by atoms with E-state index in [4.69, 9.17) is 23.2 Å². The quantitative estimate of drug-likeness (QED) is 0.200. The molecule has 0 aliphatic carbocycles. The fraction of sp³-hybridized carbons (Fsp3) is 0.355. The Morgan fingerprint density at radius 1 is 0.976 bits per heavy atom. The van der Waals surface area contributed by atoms with Crippen molar-refractivity contribution in [2.75, 3.05) is 23.7 Å². The van der Waals surface area contributed by atoms with Gasteiger partial charge in [0.2, 0.25) is 21.8 Å². The summed E-state index contributed by atoms with van der Waals surface area (Å²) >= 11 is 12.6. The first-order valence-electron chi connectivity index (χ1n) is 13.8. The number of nitrogens with one attached hydrogen (secondary N) is 1. The van der Waals surface area contributed by atoms with E-state index >= 15 is 0 Å². The van der Waals surface area contributed by atoms with Gasteiger partial charge in [-0.1, -0.05) is 85.1 Å². The molecule has 3 aromatic carbocycles. The lowest BCUT2D eigenvalue weighted by Crippen LogP contribution is -2.50. The summed E-state index contributed by atoms with van der Waals surface area (Å²) in [5, 5.41) is 3.75. The second kappa shape index (κ2) is 15.9. The predicted molar refractivity (Wildman–Crippen MR) is 167 cm³/mol. The number of sulfonamides is 1. The molecule has 0 aliphatic heterocycles. The molecular formula is C31H36Cl2FN3O4S. The molecule has 0 spiro atoms. The third-order valence-electron chi connectivity index (χ3n) is 6.73. The number of unbranched alkanes of at least 4 members (excludes halogenated alkanes) is 1. The Hall–Kier alpha value is -3.14.